The standard InChI is InChI=1S/C10H10NO/c12-6-5-8-7-11-10-4-2-1-3-9(8)10/h1-4,7,11H,5-6H2. The number of hydrogen-bond donors (Lipinski definition) is 1. The number of aromatic nitrogens is 1. The lowest BCUT2D eigenvalue weighted by Crippen LogP contribution is -1.85. The summed E-state index contributed by atoms with van der Waals surface area (Å²) in [6.45, 7) is -0.0398. The Kier molecular flexibility index (Phi) is 1.84. The van der Waals surface area contributed by atoms with Crippen molar-refractivity contribution in [2.75, 3.05) is 6.61 Å². The van der Waals surface area contributed by atoms with Gasteiger partial charge in [-0.15, -0.1) is 0 Å². The van der Waals surface area contributed by atoms with Crippen LogP contribution in [0, 0.1) is 0 Å². The molecule has 1 radical (unpaired) electrons. The molecular weight excluding hydrogens is 150 g/mol. The van der Waals surface area contributed by atoms with Crippen molar-refractivity contribution in [3.63, 3.8) is 0 Å². The molecular formula is C10H10NO. The summed E-state index contributed by atoms with van der Waals surface area (Å²) in [7, 11) is 0. The van der Waals surface area contributed by atoms with E-state index >= 15 is 0 Å². The average Bonchev–Trinajstić information content (AvgIpc) is 2.50. The van der Waals surface area contributed by atoms with E-state index in [9.17, 15) is 5.11 Å². The number of hydrogen-bond acceptors (Lipinski definition) is 0. The Morgan fingerprint density at radius 1 is 1.25 bits per heavy atom. The van der Waals surface area contributed by atoms with Crippen LogP contribution in [0.4, 0.5) is 0 Å². The van der Waals surface area contributed by atoms with Gasteiger partial charge in [0, 0.05) is 23.5 Å². The highest BCUT2D eigenvalue weighted by atomic mass is 16.2. The first-order valence-corrected chi connectivity index (χ1v) is 4.05. The predicted molar refractivity (Wildman–Crippen MR) is 47.6 cm³/mol. The summed E-state index contributed by atoms with van der Waals surface area (Å²) >= 11 is 0. The van der Waals surface area contributed by atoms with Crippen molar-refractivity contribution >= 4 is 10.9 Å². The van der Waals surface area contributed by atoms with Gasteiger partial charge in [-0.2, -0.15) is 0 Å². The molecule has 1 N–H and O–H groups in total. The minimum absolute atomic E-state index is 0.0398. The molecule has 1 aromatic carbocycles. The first kappa shape index (κ1) is 7.37. The summed E-state index contributed by atoms with van der Waals surface area (Å²) in [5.41, 5.74) is 2.24. The number of aromatic amines is 1. The summed E-state index contributed by atoms with van der Waals surface area (Å²) in [5.74, 6) is 0. The van der Waals surface area contributed by atoms with E-state index in [1.165, 1.54) is 5.39 Å². The van der Waals surface area contributed by atoms with Crippen LogP contribution in [-0.4, -0.2) is 11.6 Å². The lowest BCUT2D eigenvalue weighted by atomic mass is 10.1. The topological polar surface area (TPSA) is 35.7 Å². The van der Waals surface area contributed by atoms with Crippen molar-refractivity contribution in [1.82, 2.24) is 4.98 Å². The second-order valence-electron chi connectivity index (χ2n) is 2.81. The molecule has 2 nitrogen and oxygen atoms in total. The van der Waals surface area contributed by atoms with Gasteiger partial charge in [0.05, 0.1) is 6.61 Å². The van der Waals surface area contributed by atoms with Crippen LogP contribution in [0.15, 0.2) is 30.5 Å². The van der Waals surface area contributed by atoms with Gasteiger partial charge in [-0.25, -0.2) is 5.11 Å². The number of rotatable bonds is 2. The molecule has 1 heterocycles. The van der Waals surface area contributed by atoms with E-state index < -0.39 is 0 Å². The van der Waals surface area contributed by atoms with Gasteiger partial charge in [-0.1, -0.05) is 18.2 Å². The van der Waals surface area contributed by atoms with E-state index in [0.717, 1.165) is 11.1 Å². The highest BCUT2D eigenvalue weighted by Gasteiger charge is 2.00. The smallest absolute Gasteiger partial charge is 0.0863 e. The summed E-state index contributed by atoms with van der Waals surface area (Å²) in [6.07, 6.45) is 2.53. The molecule has 0 amide bonds. The summed E-state index contributed by atoms with van der Waals surface area (Å²) < 4.78 is 0. The molecule has 0 bridgehead atoms. The molecule has 0 atom stereocenters. The molecule has 0 saturated heterocycles. The van der Waals surface area contributed by atoms with Gasteiger partial charge < -0.3 is 4.98 Å². The van der Waals surface area contributed by atoms with Crippen LogP contribution >= 0.6 is 0 Å². The molecule has 0 aliphatic heterocycles. The van der Waals surface area contributed by atoms with Gasteiger partial charge >= 0.3 is 0 Å². The van der Waals surface area contributed by atoms with E-state index in [-0.39, 0.29) is 6.61 Å². The zero-order chi connectivity index (χ0) is 8.39. The van der Waals surface area contributed by atoms with Gasteiger partial charge in [0.25, 0.3) is 0 Å². The van der Waals surface area contributed by atoms with Crippen LogP contribution in [0.3, 0.4) is 0 Å². The average molecular weight is 160 g/mol. The van der Waals surface area contributed by atoms with Crippen LogP contribution in [-0.2, 0) is 11.5 Å². The third-order valence-electron chi connectivity index (χ3n) is 2.05. The first-order chi connectivity index (χ1) is 5.92. The van der Waals surface area contributed by atoms with Crippen molar-refractivity contribution < 1.29 is 5.11 Å². The van der Waals surface area contributed by atoms with Crippen molar-refractivity contribution in [3.05, 3.63) is 36.0 Å². The maximum atomic E-state index is 10.4. The van der Waals surface area contributed by atoms with Crippen LogP contribution in [0.1, 0.15) is 5.56 Å². The lowest BCUT2D eigenvalue weighted by Gasteiger charge is -1.92. The fourth-order valence-corrected chi connectivity index (χ4v) is 1.45. The van der Waals surface area contributed by atoms with Gasteiger partial charge in [-0.3, -0.25) is 0 Å². The zero-order valence-corrected chi connectivity index (χ0v) is 6.71. The number of para-hydroxylation sites is 1. The number of H-pyrrole nitrogens is 1. The Hall–Kier alpha value is -1.28. The normalized spacial score (nSPS) is 10.8. The second-order valence-corrected chi connectivity index (χ2v) is 2.81. The monoisotopic (exact) mass is 160 g/mol. The van der Waals surface area contributed by atoms with E-state index in [0.29, 0.717) is 6.42 Å². The van der Waals surface area contributed by atoms with Crippen LogP contribution in [0.2, 0.25) is 0 Å². The fraction of sp³-hybridized carbons (Fsp3) is 0.200. The number of fused-ring (bicyclic) bond motifs is 1. The van der Waals surface area contributed by atoms with Gasteiger partial charge in [0.2, 0.25) is 0 Å². The third-order valence-corrected chi connectivity index (χ3v) is 2.05. The second kappa shape index (κ2) is 2.99. The van der Waals surface area contributed by atoms with Gasteiger partial charge in [-0.05, 0) is 11.6 Å². The molecule has 0 saturated carbocycles. The highest BCUT2D eigenvalue weighted by molar-refractivity contribution is 5.82. The van der Waals surface area contributed by atoms with Gasteiger partial charge in [0.15, 0.2) is 0 Å². The van der Waals surface area contributed by atoms with Crippen molar-refractivity contribution in [3.8, 4) is 0 Å². The molecule has 0 spiro atoms. The minimum atomic E-state index is -0.0398. The Morgan fingerprint density at radius 2 is 2.08 bits per heavy atom. The number of benzene rings is 1. The Balaban J connectivity index is 2.55. The molecule has 0 aliphatic carbocycles. The minimum Gasteiger partial charge on any atom is -0.361 e. The Morgan fingerprint density at radius 3 is 2.92 bits per heavy atom. The van der Waals surface area contributed by atoms with E-state index in [2.05, 4.69) is 4.98 Å². The molecule has 0 aliphatic rings. The molecule has 61 valence electrons. The van der Waals surface area contributed by atoms with Crippen molar-refractivity contribution in [1.29, 1.82) is 0 Å². The summed E-state index contributed by atoms with van der Waals surface area (Å²) in [5, 5.41) is 11.6. The molecule has 12 heavy (non-hydrogen) atoms. The van der Waals surface area contributed by atoms with Crippen molar-refractivity contribution in [2.24, 2.45) is 0 Å². The highest BCUT2D eigenvalue weighted by Crippen LogP contribution is 2.17. The largest absolute Gasteiger partial charge is 0.361 e. The van der Waals surface area contributed by atoms with Crippen LogP contribution < -0.4 is 0 Å². The number of nitrogens with one attached hydrogen (secondary N) is 1. The zero-order valence-electron chi connectivity index (χ0n) is 6.71. The maximum Gasteiger partial charge on any atom is 0.0863 e. The summed E-state index contributed by atoms with van der Waals surface area (Å²) in [6, 6.07) is 8.03. The van der Waals surface area contributed by atoms with E-state index in [1.807, 2.05) is 30.5 Å². The maximum absolute atomic E-state index is 10.4. The first-order valence-electron chi connectivity index (χ1n) is 4.05. The Labute approximate surface area is 70.8 Å². The summed E-state index contributed by atoms with van der Waals surface area (Å²) in [4.78, 5) is 3.13. The molecule has 2 aromatic rings. The Bertz CT molecular complexity index is 378. The molecule has 0 unspecified atom stereocenters. The molecule has 2 rings (SSSR count). The van der Waals surface area contributed by atoms with Crippen LogP contribution in [0.25, 0.3) is 10.9 Å². The van der Waals surface area contributed by atoms with Crippen molar-refractivity contribution in [2.45, 2.75) is 6.42 Å². The fourth-order valence-electron chi connectivity index (χ4n) is 1.45. The quantitative estimate of drug-likeness (QED) is 0.698. The lowest BCUT2D eigenvalue weighted by molar-refractivity contribution is 0.197. The van der Waals surface area contributed by atoms with E-state index in [4.69, 9.17) is 0 Å². The molecule has 1 aromatic heterocycles. The van der Waals surface area contributed by atoms with E-state index in [1.54, 1.807) is 0 Å². The van der Waals surface area contributed by atoms with Crippen LogP contribution in [0.5, 0.6) is 0 Å². The van der Waals surface area contributed by atoms with Gasteiger partial charge in [0.1, 0.15) is 0 Å². The molecule has 2 heteroatoms. The third kappa shape index (κ3) is 1.10. The SMILES string of the molecule is [O]CCc1c[nH]c2ccccc12. The molecule has 0 fully saturated rings. The predicted octanol–water partition coefficient (Wildman–Crippen LogP) is 2.14.